The lowest BCUT2D eigenvalue weighted by molar-refractivity contribution is 0.606. The number of nitrogens with zero attached hydrogens (tertiary/aromatic N) is 1. The molecule has 0 aromatic heterocycles. The third-order valence-electron chi connectivity index (χ3n) is 2.58. The number of nitrogens with one attached hydrogen (secondary N) is 1. The van der Waals surface area contributed by atoms with E-state index in [0.29, 0.717) is 10.0 Å². The van der Waals surface area contributed by atoms with Crippen LogP contribution in [0.1, 0.15) is 11.6 Å². The van der Waals surface area contributed by atoms with Crippen molar-refractivity contribution in [1.29, 1.82) is 5.26 Å². The SMILES string of the molecule is N#CC(Nc1ccccc1Br)c1ccc(Br)cc1F. The summed E-state index contributed by atoms with van der Waals surface area (Å²) in [6.45, 7) is 0. The minimum absolute atomic E-state index is 0.321. The molecule has 2 rings (SSSR count). The first-order chi connectivity index (χ1) is 9.11. The van der Waals surface area contributed by atoms with E-state index in [-0.39, 0.29) is 0 Å². The van der Waals surface area contributed by atoms with Gasteiger partial charge in [0.2, 0.25) is 0 Å². The quantitative estimate of drug-likeness (QED) is 0.806. The molecule has 0 radical (unpaired) electrons. The summed E-state index contributed by atoms with van der Waals surface area (Å²) in [6, 6.07) is 13.4. The van der Waals surface area contributed by atoms with Gasteiger partial charge in [0, 0.05) is 20.2 Å². The van der Waals surface area contributed by atoms with E-state index in [9.17, 15) is 9.65 Å². The maximum atomic E-state index is 13.9. The van der Waals surface area contributed by atoms with E-state index in [2.05, 4.69) is 43.2 Å². The number of hydrogen-bond acceptors (Lipinski definition) is 2. The predicted molar refractivity (Wildman–Crippen MR) is 80.2 cm³/mol. The molecule has 0 heterocycles. The smallest absolute Gasteiger partial charge is 0.143 e. The molecule has 1 atom stereocenters. The van der Waals surface area contributed by atoms with Crippen molar-refractivity contribution in [2.45, 2.75) is 6.04 Å². The van der Waals surface area contributed by atoms with Crippen LogP contribution in [-0.4, -0.2) is 0 Å². The highest BCUT2D eigenvalue weighted by Crippen LogP contribution is 2.28. The Labute approximate surface area is 127 Å². The zero-order valence-corrected chi connectivity index (χ0v) is 12.9. The Morgan fingerprint density at radius 3 is 2.53 bits per heavy atom. The molecule has 2 aromatic rings. The molecule has 5 heteroatoms. The molecule has 0 aliphatic carbocycles. The fourth-order valence-electron chi connectivity index (χ4n) is 1.65. The third kappa shape index (κ3) is 3.34. The van der Waals surface area contributed by atoms with Crippen LogP contribution in [0.3, 0.4) is 0 Å². The van der Waals surface area contributed by atoms with Crippen LogP contribution in [0.15, 0.2) is 51.4 Å². The van der Waals surface area contributed by atoms with Crippen molar-refractivity contribution in [1.82, 2.24) is 0 Å². The van der Waals surface area contributed by atoms with Gasteiger partial charge in [-0.15, -0.1) is 0 Å². The topological polar surface area (TPSA) is 35.8 Å². The summed E-state index contributed by atoms with van der Waals surface area (Å²) < 4.78 is 15.3. The highest BCUT2D eigenvalue weighted by molar-refractivity contribution is 9.10. The minimum Gasteiger partial charge on any atom is -0.365 e. The molecule has 0 bridgehead atoms. The van der Waals surface area contributed by atoms with Crippen LogP contribution >= 0.6 is 31.9 Å². The molecule has 19 heavy (non-hydrogen) atoms. The third-order valence-corrected chi connectivity index (χ3v) is 3.76. The lowest BCUT2D eigenvalue weighted by atomic mass is 10.1. The fraction of sp³-hybridized carbons (Fsp3) is 0.0714. The highest BCUT2D eigenvalue weighted by Gasteiger charge is 2.16. The van der Waals surface area contributed by atoms with Crippen molar-refractivity contribution < 1.29 is 4.39 Å². The molecular formula is C14H9Br2FN2. The molecule has 0 aliphatic heterocycles. The van der Waals surface area contributed by atoms with Crippen molar-refractivity contribution >= 4 is 37.5 Å². The Morgan fingerprint density at radius 2 is 1.89 bits per heavy atom. The van der Waals surface area contributed by atoms with Gasteiger partial charge in [-0.2, -0.15) is 5.26 Å². The van der Waals surface area contributed by atoms with Gasteiger partial charge in [-0.1, -0.05) is 34.1 Å². The second-order valence-corrected chi connectivity index (χ2v) is 5.62. The van der Waals surface area contributed by atoms with Crippen LogP contribution in [0, 0.1) is 17.1 Å². The van der Waals surface area contributed by atoms with Gasteiger partial charge in [0.05, 0.1) is 6.07 Å². The fourth-order valence-corrected chi connectivity index (χ4v) is 2.38. The van der Waals surface area contributed by atoms with Crippen molar-refractivity contribution in [3.63, 3.8) is 0 Å². The number of rotatable bonds is 3. The molecule has 0 saturated heterocycles. The van der Waals surface area contributed by atoms with Crippen molar-refractivity contribution in [3.8, 4) is 6.07 Å². The van der Waals surface area contributed by atoms with Crippen LogP contribution in [-0.2, 0) is 0 Å². The average molecular weight is 384 g/mol. The van der Waals surface area contributed by atoms with Crippen LogP contribution in [0.4, 0.5) is 10.1 Å². The molecular weight excluding hydrogens is 375 g/mol. The monoisotopic (exact) mass is 382 g/mol. The summed E-state index contributed by atoms with van der Waals surface area (Å²) in [5.41, 5.74) is 1.07. The average Bonchev–Trinajstić information content (AvgIpc) is 2.39. The summed E-state index contributed by atoms with van der Waals surface area (Å²) >= 11 is 6.58. The van der Waals surface area contributed by atoms with Crippen molar-refractivity contribution in [2.75, 3.05) is 5.32 Å². The molecule has 0 amide bonds. The van der Waals surface area contributed by atoms with E-state index in [0.717, 1.165) is 10.2 Å². The lowest BCUT2D eigenvalue weighted by Gasteiger charge is -2.15. The second kappa shape index (κ2) is 6.18. The van der Waals surface area contributed by atoms with E-state index in [1.54, 1.807) is 12.1 Å². The molecule has 1 N–H and O–H groups in total. The first-order valence-electron chi connectivity index (χ1n) is 5.47. The highest BCUT2D eigenvalue weighted by atomic mass is 79.9. The second-order valence-electron chi connectivity index (χ2n) is 3.85. The van der Waals surface area contributed by atoms with E-state index in [1.807, 2.05) is 24.3 Å². The Bertz CT molecular complexity index is 638. The van der Waals surface area contributed by atoms with Crippen LogP contribution in [0.25, 0.3) is 0 Å². The number of nitriles is 1. The number of benzene rings is 2. The van der Waals surface area contributed by atoms with Crippen molar-refractivity contribution in [2.24, 2.45) is 0 Å². The van der Waals surface area contributed by atoms with Gasteiger partial charge in [-0.25, -0.2) is 4.39 Å². The number of hydrogen-bond donors (Lipinski definition) is 1. The Hall–Kier alpha value is -1.38. The Kier molecular flexibility index (Phi) is 4.56. The molecule has 1 unspecified atom stereocenters. The van der Waals surface area contributed by atoms with Crippen molar-refractivity contribution in [3.05, 3.63) is 62.8 Å². The number of anilines is 1. The summed E-state index contributed by atoms with van der Waals surface area (Å²) in [6.07, 6.45) is 0. The maximum absolute atomic E-state index is 13.9. The van der Waals surface area contributed by atoms with Gasteiger partial charge < -0.3 is 5.32 Å². The van der Waals surface area contributed by atoms with E-state index < -0.39 is 11.9 Å². The standard InChI is InChI=1S/C14H9Br2FN2/c15-9-5-6-10(12(17)7-9)14(8-18)19-13-4-2-1-3-11(13)16/h1-7,14,19H. The zero-order valence-electron chi connectivity index (χ0n) is 9.70. The first-order valence-corrected chi connectivity index (χ1v) is 7.06. The Morgan fingerprint density at radius 1 is 1.16 bits per heavy atom. The zero-order chi connectivity index (χ0) is 13.8. The van der Waals surface area contributed by atoms with Gasteiger partial charge in [0.15, 0.2) is 0 Å². The largest absolute Gasteiger partial charge is 0.365 e. The minimum atomic E-state index is -0.744. The summed E-state index contributed by atoms with van der Waals surface area (Å²) in [5.74, 6) is -0.416. The lowest BCUT2D eigenvalue weighted by Crippen LogP contribution is -2.10. The first kappa shape index (κ1) is 14.0. The van der Waals surface area contributed by atoms with E-state index in [1.165, 1.54) is 6.07 Å². The molecule has 0 spiro atoms. The van der Waals surface area contributed by atoms with Gasteiger partial charge in [0.1, 0.15) is 11.9 Å². The van der Waals surface area contributed by atoms with Gasteiger partial charge in [-0.05, 0) is 40.2 Å². The number of para-hydroxylation sites is 1. The predicted octanol–water partition coefficient (Wildman–Crippen LogP) is 5.03. The van der Waals surface area contributed by atoms with Crippen LogP contribution < -0.4 is 5.32 Å². The normalized spacial score (nSPS) is 11.7. The van der Waals surface area contributed by atoms with Gasteiger partial charge in [-0.3, -0.25) is 0 Å². The molecule has 96 valence electrons. The molecule has 0 fully saturated rings. The van der Waals surface area contributed by atoms with Gasteiger partial charge in [0.25, 0.3) is 0 Å². The maximum Gasteiger partial charge on any atom is 0.143 e. The molecule has 0 aliphatic rings. The van der Waals surface area contributed by atoms with E-state index in [4.69, 9.17) is 0 Å². The number of halogens is 3. The van der Waals surface area contributed by atoms with Crippen LogP contribution in [0.2, 0.25) is 0 Å². The molecule has 2 nitrogen and oxygen atoms in total. The van der Waals surface area contributed by atoms with Crippen LogP contribution in [0.5, 0.6) is 0 Å². The summed E-state index contributed by atoms with van der Waals surface area (Å²) in [7, 11) is 0. The summed E-state index contributed by atoms with van der Waals surface area (Å²) in [4.78, 5) is 0. The molecule has 0 saturated carbocycles. The molecule has 2 aromatic carbocycles. The Balaban J connectivity index is 2.31. The van der Waals surface area contributed by atoms with Gasteiger partial charge >= 0.3 is 0 Å². The summed E-state index contributed by atoms with van der Waals surface area (Å²) in [5, 5.41) is 12.2. The van der Waals surface area contributed by atoms with E-state index >= 15 is 0 Å².